The maximum atomic E-state index is 11.9. The summed E-state index contributed by atoms with van der Waals surface area (Å²) in [4.78, 5) is 13.7. The highest BCUT2D eigenvalue weighted by atomic mass is 16.5. The van der Waals surface area contributed by atoms with Crippen LogP contribution in [0, 0.1) is 5.92 Å². The third kappa shape index (κ3) is 3.59. The van der Waals surface area contributed by atoms with E-state index in [0.717, 1.165) is 19.3 Å². The van der Waals surface area contributed by atoms with Crippen molar-refractivity contribution in [3.63, 3.8) is 0 Å². The predicted octanol–water partition coefficient (Wildman–Crippen LogP) is 0.969. The van der Waals surface area contributed by atoms with Crippen LogP contribution >= 0.6 is 0 Å². The van der Waals surface area contributed by atoms with Gasteiger partial charge < -0.3 is 20.1 Å². The normalized spacial score (nSPS) is 33.2. The minimum atomic E-state index is -0.709. The Balaban J connectivity index is 1.77. The highest BCUT2D eigenvalue weighted by molar-refractivity contribution is 5.74. The molecule has 0 aromatic carbocycles. The van der Waals surface area contributed by atoms with Gasteiger partial charge in [0.25, 0.3) is 0 Å². The molecule has 1 saturated heterocycles. The number of urea groups is 1. The molecule has 2 amide bonds. The zero-order valence-electron chi connectivity index (χ0n) is 11.2. The number of nitrogens with zero attached hydrogens (tertiary/aromatic N) is 1. The van der Waals surface area contributed by atoms with Gasteiger partial charge in [0.1, 0.15) is 0 Å². The number of ether oxygens (including phenoxy) is 1. The topological polar surface area (TPSA) is 61.8 Å². The summed E-state index contributed by atoms with van der Waals surface area (Å²) in [6.45, 7) is 5.02. The number of amides is 2. The van der Waals surface area contributed by atoms with Crippen molar-refractivity contribution in [2.75, 3.05) is 32.8 Å². The standard InChI is InChI=1S/C13H24N2O3/c1-11-3-2-4-13(17,9-11)10-14-12(16)15-5-7-18-8-6-15/h11,17H,2-10H2,1H3,(H,14,16). The first kappa shape index (κ1) is 13.6. The molecular weight excluding hydrogens is 232 g/mol. The molecule has 1 heterocycles. The van der Waals surface area contributed by atoms with Gasteiger partial charge in [0.05, 0.1) is 18.8 Å². The molecule has 2 rings (SSSR count). The number of morpholine rings is 1. The molecule has 1 saturated carbocycles. The fourth-order valence-electron chi connectivity index (χ4n) is 2.91. The summed E-state index contributed by atoms with van der Waals surface area (Å²) in [6.07, 6.45) is 3.81. The first-order valence-electron chi connectivity index (χ1n) is 6.92. The quantitative estimate of drug-likeness (QED) is 0.774. The number of carbonyl (C=O) groups is 1. The lowest BCUT2D eigenvalue weighted by Crippen LogP contribution is -2.51. The monoisotopic (exact) mass is 256 g/mol. The van der Waals surface area contributed by atoms with Gasteiger partial charge in [-0.3, -0.25) is 0 Å². The Kier molecular flexibility index (Phi) is 4.45. The molecule has 5 nitrogen and oxygen atoms in total. The Morgan fingerprint density at radius 3 is 2.89 bits per heavy atom. The molecule has 2 N–H and O–H groups in total. The SMILES string of the molecule is CC1CCCC(O)(CNC(=O)N2CCOCC2)C1. The molecule has 2 atom stereocenters. The first-order chi connectivity index (χ1) is 8.59. The van der Waals surface area contributed by atoms with Crippen LogP contribution in [-0.2, 0) is 4.74 Å². The molecule has 0 bridgehead atoms. The average Bonchev–Trinajstić information content (AvgIpc) is 2.37. The molecule has 0 aromatic heterocycles. The zero-order valence-corrected chi connectivity index (χ0v) is 11.2. The Labute approximate surface area is 108 Å². The van der Waals surface area contributed by atoms with Crippen molar-refractivity contribution in [2.45, 2.75) is 38.2 Å². The largest absolute Gasteiger partial charge is 0.388 e. The fraction of sp³-hybridized carbons (Fsp3) is 0.923. The van der Waals surface area contributed by atoms with Crippen molar-refractivity contribution in [2.24, 2.45) is 5.92 Å². The van der Waals surface area contributed by atoms with Crippen LogP contribution in [0.3, 0.4) is 0 Å². The third-order valence-electron chi connectivity index (χ3n) is 3.93. The van der Waals surface area contributed by atoms with Gasteiger partial charge in [-0.1, -0.05) is 19.8 Å². The molecule has 1 aliphatic heterocycles. The smallest absolute Gasteiger partial charge is 0.317 e. The van der Waals surface area contributed by atoms with Gasteiger partial charge in [-0.05, 0) is 18.8 Å². The van der Waals surface area contributed by atoms with Crippen LogP contribution in [0.2, 0.25) is 0 Å². The van der Waals surface area contributed by atoms with Gasteiger partial charge in [-0.25, -0.2) is 4.79 Å². The fourth-order valence-corrected chi connectivity index (χ4v) is 2.91. The minimum absolute atomic E-state index is 0.0787. The van der Waals surface area contributed by atoms with Gasteiger partial charge in [0.15, 0.2) is 0 Å². The number of nitrogens with one attached hydrogen (secondary N) is 1. The van der Waals surface area contributed by atoms with Crippen LogP contribution in [-0.4, -0.2) is 54.5 Å². The summed E-state index contributed by atoms with van der Waals surface area (Å²) in [5, 5.41) is 13.3. The maximum Gasteiger partial charge on any atom is 0.317 e. The number of hydrogen-bond donors (Lipinski definition) is 2. The van der Waals surface area contributed by atoms with Crippen molar-refractivity contribution in [1.29, 1.82) is 0 Å². The Morgan fingerprint density at radius 2 is 2.22 bits per heavy atom. The van der Waals surface area contributed by atoms with Gasteiger partial charge >= 0.3 is 6.03 Å². The molecule has 2 unspecified atom stereocenters. The van der Waals surface area contributed by atoms with Gasteiger partial charge in [0, 0.05) is 19.6 Å². The van der Waals surface area contributed by atoms with E-state index in [-0.39, 0.29) is 6.03 Å². The van der Waals surface area contributed by atoms with E-state index >= 15 is 0 Å². The summed E-state index contributed by atoms with van der Waals surface area (Å²) in [5.41, 5.74) is -0.709. The van der Waals surface area contributed by atoms with E-state index < -0.39 is 5.60 Å². The minimum Gasteiger partial charge on any atom is -0.388 e. The molecule has 0 aromatic rings. The van der Waals surface area contributed by atoms with Crippen LogP contribution in [0.5, 0.6) is 0 Å². The van der Waals surface area contributed by atoms with E-state index in [0.29, 0.717) is 38.8 Å². The van der Waals surface area contributed by atoms with Gasteiger partial charge in [0.2, 0.25) is 0 Å². The second kappa shape index (κ2) is 5.89. The summed E-state index contributed by atoms with van der Waals surface area (Å²) >= 11 is 0. The zero-order chi connectivity index (χ0) is 13.0. The summed E-state index contributed by atoms with van der Waals surface area (Å²) in [6, 6.07) is -0.0787. The predicted molar refractivity (Wildman–Crippen MR) is 68.4 cm³/mol. The molecular formula is C13H24N2O3. The molecule has 5 heteroatoms. The van der Waals surface area contributed by atoms with Crippen molar-refractivity contribution in [3.05, 3.63) is 0 Å². The van der Waals surface area contributed by atoms with Crippen LogP contribution in [0.25, 0.3) is 0 Å². The van der Waals surface area contributed by atoms with Crippen LogP contribution < -0.4 is 5.32 Å². The summed E-state index contributed by atoms with van der Waals surface area (Å²) in [5.74, 6) is 0.545. The summed E-state index contributed by atoms with van der Waals surface area (Å²) < 4.78 is 5.21. The van der Waals surface area contributed by atoms with Crippen molar-refractivity contribution in [3.8, 4) is 0 Å². The number of hydrogen-bond acceptors (Lipinski definition) is 3. The lowest BCUT2D eigenvalue weighted by atomic mass is 9.79. The van der Waals surface area contributed by atoms with Crippen LogP contribution in [0.4, 0.5) is 4.79 Å². The lowest BCUT2D eigenvalue weighted by Gasteiger charge is -2.36. The highest BCUT2D eigenvalue weighted by Crippen LogP contribution is 2.31. The van der Waals surface area contributed by atoms with Crippen molar-refractivity contribution < 1.29 is 14.6 Å². The second-order valence-corrected chi connectivity index (χ2v) is 5.68. The molecule has 1 aliphatic carbocycles. The van der Waals surface area contributed by atoms with Gasteiger partial charge in [-0.15, -0.1) is 0 Å². The number of carbonyl (C=O) groups excluding carboxylic acids is 1. The van der Waals surface area contributed by atoms with E-state index in [9.17, 15) is 9.90 Å². The van der Waals surface area contributed by atoms with Crippen molar-refractivity contribution in [1.82, 2.24) is 10.2 Å². The molecule has 0 spiro atoms. The van der Waals surface area contributed by atoms with Crippen LogP contribution in [0.15, 0.2) is 0 Å². The second-order valence-electron chi connectivity index (χ2n) is 5.68. The Hall–Kier alpha value is -0.810. The molecule has 2 aliphatic rings. The first-order valence-corrected chi connectivity index (χ1v) is 6.92. The number of rotatable bonds is 2. The Bertz CT molecular complexity index is 292. The van der Waals surface area contributed by atoms with Gasteiger partial charge in [-0.2, -0.15) is 0 Å². The molecule has 0 radical (unpaired) electrons. The van der Waals surface area contributed by atoms with E-state index in [2.05, 4.69) is 12.2 Å². The maximum absolute atomic E-state index is 11.9. The molecule has 104 valence electrons. The van der Waals surface area contributed by atoms with E-state index in [1.54, 1.807) is 4.90 Å². The average molecular weight is 256 g/mol. The Morgan fingerprint density at radius 1 is 1.50 bits per heavy atom. The highest BCUT2D eigenvalue weighted by Gasteiger charge is 2.33. The number of aliphatic hydroxyl groups is 1. The lowest BCUT2D eigenvalue weighted by molar-refractivity contribution is -0.0115. The van der Waals surface area contributed by atoms with Crippen molar-refractivity contribution >= 4 is 6.03 Å². The van der Waals surface area contributed by atoms with E-state index in [1.807, 2.05) is 0 Å². The molecule has 2 fully saturated rings. The van der Waals surface area contributed by atoms with E-state index in [1.165, 1.54) is 6.42 Å². The molecule has 18 heavy (non-hydrogen) atoms. The third-order valence-corrected chi connectivity index (χ3v) is 3.93. The summed E-state index contributed by atoms with van der Waals surface area (Å²) in [7, 11) is 0. The van der Waals surface area contributed by atoms with Crippen LogP contribution in [0.1, 0.15) is 32.6 Å². The van der Waals surface area contributed by atoms with E-state index in [4.69, 9.17) is 4.74 Å².